The molecule has 0 heterocycles. The number of carboxylic acid groups (broad SMARTS) is 1. The van der Waals surface area contributed by atoms with Crippen LogP contribution < -0.4 is 15.4 Å². The Balaban J connectivity index is 2.84. The minimum atomic E-state index is -1.21. The van der Waals surface area contributed by atoms with Crippen LogP contribution in [0.5, 0.6) is 5.75 Å². The highest BCUT2D eigenvalue weighted by molar-refractivity contribution is 5.64. The van der Waals surface area contributed by atoms with Crippen molar-refractivity contribution in [2.24, 2.45) is 0 Å². The number of halogens is 2. The number of carbonyl (C=O) groups is 1. The van der Waals surface area contributed by atoms with Gasteiger partial charge in [0.1, 0.15) is 11.9 Å². The Labute approximate surface area is 127 Å². The molecule has 4 N–H and O–H groups in total. The van der Waals surface area contributed by atoms with Crippen molar-refractivity contribution >= 4 is 6.09 Å². The molecule has 124 valence electrons. The Bertz CT molecular complexity index is 514. The molecule has 0 aliphatic carbocycles. The Morgan fingerprint density at radius 3 is 2.64 bits per heavy atom. The van der Waals surface area contributed by atoms with Crippen molar-refractivity contribution < 1.29 is 28.5 Å². The number of hydrogen-bond acceptors (Lipinski definition) is 4. The maximum atomic E-state index is 13.9. The molecule has 0 spiro atoms. The first kappa shape index (κ1) is 18.1. The largest absolute Gasteiger partial charge is 0.485 e. The van der Waals surface area contributed by atoms with Crippen LogP contribution in [0.3, 0.4) is 0 Å². The molecule has 0 aliphatic heterocycles. The van der Waals surface area contributed by atoms with Crippen LogP contribution in [0.15, 0.2) is 12.1 Å². The molecule has 0 radical (unpaired) electrons. The van der Waals surface area contributed by atoms with Gasteiger partial charge in [-0.15, -0.1) is 0 Å². The van der Waals surface area contributed by atoms with Crippen molar-refractivity contribution in [1.29, 1.82) is 0 Å². The van der Waals surface area contributed by atoms with Crippen molar-refractivity contribution in [3.8, 4) is 5.75 Å². The second kappa shape index (κ2) is 8.50. The Morgan fingerprint density at radius 1 is 1.36 bits per heavy atom. The van der Waals surface area contributed by atoms with Gasteiger partial charge >= 0.3 is 6.09 Å². The zero-order valence-electron chi connectivity index (χ0n) is 12.4. The normalized spacial score (nSPS) is 13.5. The third-order valence-corrected chi connectivity index (χ3v) is 2.86. The molecule has 22 heavy (non-hydrogen) atoms. The van der Waals surface area contributed by atoms with Crippen molar-refractivity contribution in [3.63, 3.8) is 0 Å². The van der Waals surface area contributed by atoms with Gasteiger partial charge in [-0.05, 0) is 19.9 Å². The molecule has 1 aromatic rings. The number of aliphatic hydroxyl groups is 1. The molecule has 1 amide bonds. The molecule has 1 rings (SSSR count). The van der Waals surface area contributed by atoms with Crippen LogP contribution in [0.25, 0.3) is 0 Å². The van der Waals surface area contributed by atoms with E-state index in [0.717, 1.165) is 6.07 Å². The average molecular weight is 318 g/mol. The molecule has 8 heteroatoms. The molecule has 0 saturated heterocycles. The minimum Gasteiger partial charge on any atom is -0.485 e. The molecule has 0 fully saturated rings. The molecule has 0 bridgehead atoms. The van der Waals surface area contributed by atoms with E-state index in [1.54, 1.807) is 13.8 Å². The lowest BCUT2D eigenvalue weighted by molar-refractivity contribution is 0.175. The Kier molecular flexibility index (Phi) is 7.00. The third kappa shape index (κ3) is 5.82. The van der Waals surface area contributed by atoms with Gasteiger partial charge in [0.2, 0.25) is 0 Å². The van der Waals surface area contributed by atoms with E-state index in [1.165, 1.54) is 0 Å². The molecule has 6 nitrogen and oxygen atoms in total. The first-order valence-corrected chi connectivity index (χ1v) is 6.79. The van der Waals surface area contributed by atoms with Crippen LogP contribution in [0.2, 0.25) is 0 Å². The second-order valence-electron chi connectivity index (χ2n) is 4.95. The summed E-state index contributed by atoms with van der Waals surface area (Å²) in [7, 11) is 0. The molecule has 2 unspecified atom stereocenters. The summed E-state index contributed by atoms with van der Waals surface area (Å²) in [5.74, 6) is -1.75. The van der Waals surface area contributed by atoms with Crippen LogP contribution >= 0.6 is 0 Å². The number of benzene rings is 1. The highest BCUT2D eigenvalue weighted by Crippen LogP contribution is 2.25. The summed E-state index contributed by atoms with van der Waals surface area (Å²) < 4.78 is 32.6. The molecule has 0 aliphatic rings. The number of ether oxygens (including phenoxy) is 1. The predicted molar refractivity (Wildman–Crippen MR) is 75.9 cm³/mol. The van der Waals surface area contributed by atoms with Crippen LogP contribution in [-0.2, 0) is 6.54 Å². The smallest absolute Gasteiger partial charge is 0.404 e. The van der Waals surface area contributed by atoms with Crippen LogP contribution in [0, 0.1) is 11.6 Å². The van der Waals surface area contributed by atoms with E-state index in [2.05, 4.69) is 10.6 Å². The van der Waals surface area contributed by atoms with Crippen molar-refractivity contribution in [2.75, 3.05) is 13.2 Å². The van der Waals surface area contributed by atoms with Crippen LogP contribution in [0.1, 0.15) is 19.4 Å². The van der Waals surface area contributed by atoms with Gasteiger partial charge in [-0.2, -0.15) is 0 Å². The van der Waals surface area contributed by atoms with Gasteiger partial charge in [-0.1, -0.05) is 0 Å². The van der Waals surface area contributed by atoms with Gasteiger partial charge in [0.15, 0.2) is 11.6 Å². The summed E-state index contributed by atoms with van der Waals surface area (Å²) in [6, 6.07) is 1.59. The number of rotatable bonds is 8. The van der Waals surface area contributed by atoms with Crippen molar-refractivity contribution in [2.45, 2.75) is 32.5 Å². The average Bonchev–Trinajstić information content (AvgIpc) is 2.45. The number of nitrogens with one attached hydrogen (secondary N) is 2. The third-order valence-electron chi connectivity index (χ3n) is 2.86. The van der Waals surface area contributed by atoms with E-state index >= 15 is 0 Å². The predicted octanol–water partition coefficient (Wildman–Crippen LogP) is 1.47. The number of aliphatic hydroxyl groups excluding tert-OH is 1. The zero-order valence-corrected chi connectivity index (χ0v) is 12.4. The van der Waals surface area contributed by atoms with Crippen molar-refractivity contribution in [3.05, 3.63) is 29.3 Å². The SMILES string of the molecule is CC(CO)NCc1cc(F)cc(F)c1OC(C)CNC(=O)O. The van der Waals surface area contributed by atoms with E-state index in [4.69, 9.17) is 14.9 Å². The summed E-state index contributed by atoms with van der Waals surface area (Å²) >= 11 is 0. The summed E-state index contributed by atoms with van der Waals surface area (Å²) in [4.78, 5) is 10.4. The van der Waals surface area contributed by atoms with E-state index in [1.807, 2.05) is 0 Å². The Morgan fingerprint density at radius 2 is 2.05 bits per heavy atom. The zero-order chi connectivity index (χ0) is 16.7. The first-order valence-electron chi connectivity index (χ1n) is 6.79. The maximum absolute atomic E-state index is 13.9. The fraction of sp³-hybridized carbons (Fsp3) is 0.500. The van der Waals surface area contributed by atoms with Gasteiger partial charge in [0.25, 0.3) is 0 Å². The fourth-order valence-electron chi connectivity index (χ4n) is 1.70. The minimum absolute atomic E-state index is 0.0357. The summed E-state index contributed by atoms with van der Waals surface area (Å²) in [5.41, 5.74) is 0.250. The van der Waals surface area contributed by atoms with E-state index in [-0.39, 0.29) is 37.1 Å². The molecular weight excluding hydrogens is 298 g/mol. The highest BCUT2D eigenvalue weighted by Gasteiger charge is 2.16. The van der Waals surface area contributed by atoms with E-state index in [0.29, 0.717) is 6.07 Å². The fourth-order valence-corrected chi connectivity index (χ4v) is 1.70. The van der Waals surface area contributed by atoms with E-state index in [9.17, 15) is 13.6 Å². The standard InChI is InChI=1S/C14H20F2N2O4/c1-8(7-19)17-6-10-3-11(15)4-12(16)13(10)22-9(2)5-18-14(20)21/h3-4,8-9,17-19H,5-7H2,1-2H3,(H,20,21). The lowest BCUT2D eigenvalue weighted by atomic mass is 10.1. The van der Waals surface area contributed by atoms with Crippen LogP contribution in [-0.4, -0.2) is 41.6 Å². The first-order chi connectivity index (χ1) is 10.3. The number of amides is 1. The summed E-state index contributed by atoms with van der Waals surface area (Å²) in [6.45, 7) is 3.23. The molecule has 1 aromatic carbocycles. The summed E-state index contributed by atoms with van der Waals surface area (Å²) in [5, 5.41) is 22.5. The second-order valence-corrected chi connectivity index (χ2v) is 4.95. The Hall–Kier alpha value is -1.93. The van der Waals surface area contributed by atoms with Gasteiger partial charge in [-0.25, -0.2) is 13.6 Å². The molecule has 2 atom stereocenters. The van der Waals surface area contributed by atoms with Crippen molar-refractivity contribution in [1.82, 2.24) is 10.6 Å². The van der Waals surface area contributed by atoms with Gasteiger partial charge < -0.3 is 25.6 Å². The van der Waals surface area contributed by atoms with E-state index < -0.39 is 23.8 Å². The van der Waals surface area contributed by atoms with Gasteiger partial charge in [-0.3, -0.25) is 0 Å². The lowest BCUT2D eigenvalue weighted by Gasteiger charge is -2.19. The quantitative estimate of drug-likeness (QED) is 0.583. The maximum Gasteiger partial charge on any atom is 0.404 e. The number of hydrogen-bond donors (Lipinski definition) is 4. The molecule has 0 aromatic heterocycles. The lowest BCUT2D eigenvalue weighted by Crippen LogP contribution is -2.33. The topological polar surface area (TPSA) is 90.8 Å². The van der Waals surface area contributed by atoms with Gasteiger partial charge in [0.05, 0.1) is 13.2 Å². The molecule has 0 saturated carbocycles. The summed E-state index contributed by atoms with van der Waals surface area (Å²) in [6.07, 6.45) is -1.85. The van der Waals surface area contributed by atoms with Gasteiger partial charge in [0, 0.05) is 24.2 Å². The molecular formula is C14H20F2N2O4. The highest BCUT2D eigenvalue weighted by atomic mass is 19.1. The van der Waals surface area contributed by atoms with Crippen LogP contribution in [0.4, 0.5) is 13.6 Å². The monoisotopic (exact) mass is 318 g/mol.